The predicted octanol–water partition coefficient (Wildman–Crippen LogP) is 0.363. The third-order valence-electron chi connectivity index (χ3n) is 2.83. The van der Waals surface area contributed by atoms with Gasteiger partial charge in [0, 0.05) is 12.7 Å². The van der Waals surface area contributed by atoms with Gasteiger partial charge in [-0.1, -0.05) is 0 Å². The molecule has 1 aromatic heterocycles. The number of aliphatic hydroxyl groups is 1. The van der Waals surface area contributed by atoms with E-state index in [9.17, 15) is 4.79 Å². The molecule has 86 valence electrons. The third-order valence-corrected chi connectivity index (χ3v) is 2.83. The van der Waals surface area contributed by atoms with Crippen molar-refractivity contribution in [1.82, 2.24) is 4.98 Å². The number of hydrogen-bond acceptors (Lipinski definition) is 4. The van der Waals surface area contributed by atoms with E-state index >= 15 is 0 Å². The van der Waals surface area contributed by atoms with Gasteiger partial charge < -0.3 is 16.2 Å². The predicted molar refractivity (Wildman–Crippen MR) is 60.0 cm³/mol. The van der Waals surface area contributed by atoms with E-state index in [1.807, 2.05) is 0 Å². The van der Waals surface area contributed by atoms with E-state index < -0.39 is 5.91 Å². The average Bonchev–Trinajstić information content (AvgIpc) is 2.23. The van der Waals surface area contributed by atoms with Crippen LogP contribution in [0, 0.1) is 5.92 Å². The third kappa shape index (κ3) is 2.49. The molecule has 5 heteroatoms. The zero-order valence-electron chi connectivity index (χ0n) is 8.89. The molecule has 0 bridgehead atoms. The highest BCUT2D eigenvalue weighted by Gasteiger charge is 2.26. The summed E-state index contributed by atoms with van der Waals surface area (Å²) in [4.78, 5) is 14.9. The molecule has 1 fully saturated rings. The Morgan fingerprint density at radius 3 is 2.81 bits per heavy atom. The van der Waals surface area contributed by atoms with Gasteiger partial charge in [-0.2, -0.15) is 0 Å². The van der Waals surface area contributed by atoms with Gasteiger partial charge in [0.25, 0.3) is 0 Å². The maximum absolute atomic E-state index is 10.8. The molecule has 1 aliphatic rings. The minimum Gasteiger partial charge on any atom is -0.393 e. The molecule has 0 unspecified atom stereocenters. The summed E-state index contributed by atoms with van der Waals surface area (Å²) in [6, 6.07) is 3.38. The van der Waals surface area contributed by atoms with Crippen LogP contribution in [-0.2, 0) is 0 Å². The van der Waals surface area contributed by atoms with Crippen molar-refractivity contribution in [1.29, 1.82) is 0 Å². The van der Waals surface area contributed by atoms with Gasteiger partial charge in [-0.15, -0.1) is 0 Å². The summed E-state index contributed by atoms with van der Waals surface area (Å²) in [5.41, 5.74) is 5.51. The highest BCUT2D eigenvalue weighted by Crippen LogP contribution is 2.26. The zero-order valence-corrected chi connectivity index (χ0v) is 8.89. The Balaban J connectivity index is 1.83. The number of aliphatic hydroxyl groups excluding tert-OH is 1. The van der Waals surface area contributed by atoms with Gasteiger partial charge in [0.2, 0.25) is 5.91 Å². The van der Waals surface area contributed by atoms with E-state index in [-0.39, 0.29) is 6.10 Å². The van der Waals surface area contributed by atoms with Gasteiger partial charge in [-0.3, -0.25) is 4.79 Å². The molecule has 5 nitrogen and oxygen atoms in total. The van der Waals surface area contributed by atoms with Crippen LogP contribution in [-0.4, -0.2) is 28.6 Å². The number of carbonyl (C=O) groups is 1. The summed E-state index contributed by atoms with van der Waals surface area (Å²) in [5, 5.41) is 12.3. The molecule has 0 radical (unpaired) electrons. The number of rotatable bonds is 4. The first-order chi connectivity index (χ1) is 7.65. The van der Waals surface area contributed by atoms with Crippen molar-refractivity contribution in [3.8, 4) is 0 Å². The summed E-state index contributed by atoms with van der Waals surface area (Å²) in [6.07, 6.45) is 3.04. The highest BCUT2D eigenvalue weighted by molar-refractivity contribution is 5.92. The lowest BCUT2D eigenvalue weighted by atomic mass is 9.82. The average molecular weight is 221 g/mol. The molecule has 1 aromatic rings. The lowest BCUT2D eigenvalue weighted by Crippen LogP contribution is -2.33. The molecule has 16 heavy (non-hydrogen) atoms. The lowest BCUT2D eigenvalue weighted by Gasteiger charge is -2.31. The van der Waals surface area contributed by atoms with Crippen LogP contribution in [0.2, 0.25) is 0 Å². The number of nitrogens with two attached hydrogens (primary N) is 1. The summed E-state index contributed by atoms with van der Waals surface area (Å²) in [6.45, 7) is 0.806. The summed E-state index contributed by atoms with van der Waals surface area (Å²) < 4.78 is 0. The zero-order chi connectivity index (χ0) is 11.5. The van der Waals surface area contributed by atoms with Crippen LogP contribution < -0.4 is 11.1 Å². The van der Waals surface area contributed by atoms with Crippen molar-refractivity contribution in [2.24, 2.45) is 11.7 Å². The first-order valence-corrected chi connectivity index (χ1v) is 5.33. The molecule has 4 N–H and O–H groups in total. The SMILES string of the molecule is NC(=O)c1ccc(NCC2CC(O)C2)nc1. The Kier molecular flexibility index (Phi) is 3.05. The number of hydrogen-bond donors (Lipinski definition) is 3. The number of aromatic nitrogens is 1. The van der Waals surface area contributed by atoms with Gasteiger partial charge in [-0.25, -0.2) is 4.98 Å². The van der Waals surface area contributed by atoms with Crippen LogP contribution in [0.1, 0.15) is 23.2 Å². The standard InChI is InChI=1S/C11H15N3O2/c12-11(16)8-1-2-10(14-6-8)13-5-7-3-9(15)4-7/h1-2,6-7,9,15H,3-5H2,(H2,12,16)(H,13,14). The molecule has 0 atom stereocenters. The summed E-state index contributed by atoms with van der Waals surface area (Å²) >= 11 is 0. The second-order valence-electron chi connectivity index (χ2n) is 4.17. The topological polar surface area (TPSA) is 88.2 Å². The van der Waals surface area contributed by atoms with Crippen molar-refractivity contribution in [2.45, 2.75) is 18.9 Å². The Hall–Kier alpha value is -1.62. The number of anilines is 1. The maximum atomic E-state index is 10.8. The number of nitrogens with zero attached hydrogens (tertiary/aromatic N) is 1. The van der Waals surface area contributed by atoms with Crippen LogP contribution in [0.15, 0.2) is 18.3 Å². The first kappa shape index (κ1) is 10.9. The van der Waals surface area contributed by atoms with E-state index in [1.54, 1.807) is 12.1 Å². The normalized spacial score (nSPS) is 23.6. The Morgan fingerprint density at radius 1 is 1.56 bits per heavy atom. The van der Waals surface area contributed by atoms with Crippen LogP contribution in [0.25, 0.3) is 0 Å². The molecule has 1 saturated carbocycles. The first-order valence-electron chi connectivity index (χ1n) is 5.33. The van der Waals surface area contributed by atoms with Gasteiger partial charge >= 0.3 is 0 Å². The van der Waals surface area contributed by atoms with Gasteiger partial charge in [0.1, 0.15) is 5.82 Å². The molecule has 0 spiro atoms. The fourth-order valence-electron chi connectivity index (χ4n) is 1.76. The lowest BCUT2D eigenvalue weighted by molar-refractivity contribution is 0.0486. The molecule has 1 heterocycles. The number of amides is 1. The van der Waals surface area contributed by atoms with E-state index in [0.29, 0.717) is 11.5 Å². The van der Waals surface area contributed by atoms with Crippen LogP contribution in [0.4, 0.5) is 5.82 Å². The van der Waals surface area contributed by atoms with Crippen molar-refractivity contribution in [3.05, 3.63) is 23.9 Å². The van der Waals surface area contributed by atoms with Crippen molar-refractivity contribution >= 4 is 11.7 Å². The van der Waals surface area contributed by atoms with Crippen molar-refractivity contribution in [3.63, 3.8) is 0 Å². The number of pyridine rings is 1. The van der Waals surface area contributed by atoms with Gasteiger partial charge in [-0.05, 0) is 30.9 Å². The molecule has 1 aliphatic carbocycles. The molecule has 0 saturated heterocycles. The smallest absolute Gasteiger partial charge is 0.250 e. The van der Waals surface area contributed by atoms with Crippen molar-refractivity contribution < 1.29 is 9.90 Å². The summed E-state index contributed by atoms with van der Waals surface area (Å²) in [5.74, 6) is 0.778. The fourth-order valence-corrected chi connectivity index (χ4v) is 1.76. The molecule has 1 amide bonds. The van der Waals surface area contributed by atoms with Crippen LogP contribution in [0.5, 0.6) is 0 Å². The number of carbonyl (C=O) groups excluding carboxylic acids is 1. The molecular formula is C11H15N3O2. The van der Waals surface area contributed by atoms with E-state index in [0.717, 1.165) is 25.2 Å². The molecular weight excluding hydrogens is 206 g/mol. The van der Waals surface area contributed by atoms with Crippen LogP contribution in [0.3, 0.4) is 0 Å². The Bertz CT molecular complexity index is 371. The van der Waals surface area contributed by atoms with E-state index in [4.69, 9.17) is 10.8 Å². The Morgan fingerprint density at radius 2 is 2.31 bits per heavy atom. The number of nitrogens with one attached hydrogen (secondary N) is 1. The maximum Gasteiger partial charge on any atom is 0.250 e. The largest absolute Gasteiger partial charge is 0.393 e. The van der Waals surface area contributed by atoms with Crippen molar-refractivity contribution in [2.75, 3.05) is 11.9 Å². The summed E-state index contributed by atoms with van der Waals surface area (Å²) in [7, 11) is 0. The molecule has 2 rings (SSSR count). The number of primary amides is 1. The quantitative estimate of drug-likeness (QED) is 0.685. The second kappa shape index (κ2) is 4.49. The van der Waals surface area contributed by atoms with Gasteiger partial charge in [0.05, 0.1) is 11.7 Å². The monoisotopic (exact) mass is 221 g/mol. The minimum absolute atomic E-state index is 0.128. The Labute approximate surface area is 93.7 Å². The second-order valence-corrected chi connectivity index (χ2v) is 4.17. The van der Waals surface area contributed by atoms with E-state index in [2.05, 4.69) is 10.3 Å². The minimum atomic E-state index is -0.471. The molecule has 0 aromatic carbocycles. The van der Waals surface area contributed by atoms with Crippen LogP contribution >= 0.6 is 0 Å². The molecule has 0 aliphatic heterocycles. The van der Waals surface area contributed by atoms with Gasteiger partial charge in [0.15, 0.2) is 0 Å². The highest BCUT2D eigenvalue weighted by atomic mass is 16.3. The fraction of sp³-hybridized carbons (Fsp3) is 0.455. The van der Waals surface area contributed by atoms with E-state index in [1.165, 1.54) is 6.20 Å².